The fourth-order valence-electron chi connectivity index (χ4n) is 3.86. The van der Waals surface area contributed by atoms with E-state index in [1.54, 1.807) is 0 Å². The van der Waals surface area contributed by atoms with Crippen LogP contribution in [0.4, 0.5) is 0 Å². The van der Waals surface area contributed by atoms with Crippen molar-refractivity contribution in [1.29, 1.82) is 0 Å². The quantitative estimate of drug-likeness (QED) is 0.827. The van der Waals surface area contributed by atoms with E-state index in [1.807, 2.05) is 0 Å². The van der Waals surface area contributed by atoms with Crippen LogP contribution in [-0.2, 0) is 14.2 Å². The van der Waals surface area contributed by atoms with Crippen LogP contribution in [0.3, 0.4) is 0 Å². The first-order chi connectivity index (χ1) is 9.38. The second kappa shape index (κ2) is 6.53. The van der Waals surface area contributed by atoms with Crippen LogP contribution in [0.15, 0.2) is 0 Å². The summed E-state index contributed by atoms with van der Waals surface area (Å²) in [6, 6.07) is 0. The first-order valence-corrected chi connectivity index (χ1v) is 7.97. The van der Waals surface area contributed by atoms with Gasteiger partial charge in [-0.2, -0.15) is 0 Å². The number of hydrogen-bond acceptors (Lipinski definition) is 4. The highest BCUT2D eigenvalue weighted by atomic mass is 16.6. The molecule has 110 valence electrons. The van der Waals surface area contributed by atoms with Crippen LogP contribution in [0, 0.1) is 5.92 Å². The molecule has 1 aliphatic carbocycles. The Morgan fingerprint density at radius 3 is 2.74 bits per heavy atom. The molecular weight excluding hydrogens is 242 g/mol. The van der Waals surface area contributed by atoms with Gasteiger partial charge in [-0.15, -0.1) is 0 Å². The smallest absolute Gasteiger partial charge is 0.112 e. The standard InChI is InChI=1S/C15H27NO3/c16-8-6-12(11-4-2-1-3-5-11)19-14-10-18-13-7-9-17-15(13)14/h11-15H,1-10,16H2/t12?,13?,14-,15?/m1/s1. The van der Waals surface area contributed by atoms with Crippen molar-refractivity contribution in [1.82, 2.24) is 0 Å². The Hall–Kier alpha value is -0.160. The van der Waals surface area contributed by atoms with Crippen molar-refractivity contribution in [3.8, 4) is 0 Å². The number of hydrogen-bond donors (Lipinski definition) is 1. The molecule has 0 radical (unpaired) electrons. The maximum atomic E-state index is 6.38. The van der Waals surface area contributed by atoms with E-state index in [9.17, 15) is 0 Å². The molecule has 4 atom stereocenters. The van der Waals surface area contributed by atoms with E-state index in [0.29, 0.717) is 25.2 Å². The molecular formula is C15H27NO3. The molecule has 3 unspecified atom stereocenters. The Balaban J connectivity index is 1.57. The summed E-state index contributed by atoms with van der Waals surface area (Å²) in [6.45, 7) is 2.23. The van der Waals surface area contributed by atoms with Crippen molar-refractivity contribution in [2.45, 2.75) is 69.4 Å². The zero-order valence-corrected chi connectivity index (χ0v) is 11.8. The van der Waals surface area contributed by atoms with Gasteiger partial charge in [-0.3, -0.25) is 0 Å². The van der Waals surface area contributed by atoms with Gasteiger partial charge in [0.05, 0.1) is 18.8 Å². The van der Waals surface area contributed by atoms with Crippen LogP contribution in [0.25, 0.3) is 0 Å². The summed E-state index contributed by atoms with van der Waals surface area (Å²) in [6.07, 6.45) is 9.55. The van der Waals surface area contributed by atoms with Gasteiger partial charge in [0, 0.05) is 6.61 Å². The first-order valence-electron chi connectivity index (χ1n) is 7.97. The van der Waals surface area contributed by atoms with Crippen LogP contribution < -0.4 is 5.73 Å². The van der Waals surface area contributed by atoms with Gasteiger partial charge in [-0.25, -0.2) is 0 Å². The van der Waals surface area contributed by atoms with Gasteiger partial charge >= 0.3 is 0 Å². The second-order valence-electron chi connectivity index (χ2n) is 6.18. The van der Waals surface area contributed by atoms with Gasteiger partial charge in [-0.1, -0.05) is 19.3 Å². The minimum Gasteiger partial charge on any atom is -0.373 e. The lowest BCUT2D eigenvalue weighted by molar-refractivity contribution is -0.0947. The zero-order chi connectivity index (χ0) is 13.1. The maximum Gasteiger partial charge on any atom is 0.112 e. The summed E-state index contributed by atoms with van der Waals surface area (Å²) in [5.41, 5.74) is 5.77. The van der Waals surface area contributed by atoms with E-state index in [1.165, 1.54) is 32.1 Å². The third kappa shape index (κ3) is 3.13. The molecule has 3 aliphatic rings. The highest BCUT2D eigenvalue weighted by Crippen LogP contribution is 2.34. The largest absolute Gasteiger partial charge is 0.373 e. The molecule has 0 aromatic carbocycles. The van der Waals surface area contributed by atoms with Crippen molar-refractivity contribution in [3.05, 3.63) is 0 Å². The van der Waals surface area contributed by atoms with E-state index in [-0.39, 0.29) is 18.3 Å². The number of nitrogens with two attached hydrogens (primary N) is 1. The second-order valence-corrected chi connectivity index (χ2v) is 6.18. The molecule has 2 N–H and O–H groups in total. The van der Waals surface area contributed by atoms with Crippen LogP contribution in [0.2, 0.25) is 0 Å². The normalized spacial score (nSPS) is 37.4. The van der Waals surface area contributed by atoms with Crippen molar-refractivity contribution >= 4 is 0 Å². The Morgan fingerprint density at radius 1 is 1.11 bits per heavy atom. The number of ether oxygens (including phenoxy) is 3. The first kappa shape index (κ1) is 13.8. The lowest BCUT2D eigenvalue weighted by Crippen LogP contribution is -2.38. The molecule has 2 aliphatic heterocycles. The summed E-state index contributed by atoms with van der Waals surface area (Å²) in [5, 5.41) is 0. The highest BCUT2D eigenvalue weighted by Gasteiger charge is 2.44. The molecule has 1 saturated carbocycles. The van der Waals surface area contributed by atoms with E-state index >= 15 is 0 Å². The highest BCUT2D eigenvalue weighted by molar-refractivity contribution is 4.91. The minimum absolute atomic E-state index is 0.131. The van der Waals surface area contributed by atoms with Crippen molar-refractivity contribution < 1.29 is 14.2 Å². The Morgan fingerprint density at radius 2 is 1.95 bits per heavy atom. The van der Waals surface area contributed by atoms with Crippen LogP contribution >= 0.6 is 0 Å². The fourth-order valence-corrected chi connectivity index (χ4v) is 3.86. The number of rotatable bonds is 5. The van der Waals surface area contributed by atoms with Crippen LogP contribution in [0.1, 0.15) is 44.9 Å². The van der Waals surface area contributed by atoms with Crippen molar-refractivity contribution in [2.75, 3.05) is 19.8 Å². The van der Waals surface area contributed by atoms with Crippen molar-refractivity contribution in [2.24, 2.45) is 11.7 Å². The molecule has 0 bridgehead atoms. The Bertz CT molecular complexity index is 281. The lowest BCUT2D eigenvalue weighted by Gasteiger charge is -2.33. The van der Waals surface area contributed by atoms with E-state index in [0.717, 1.165) is 19.4 Å². The van der Waals surface area contributed by atoms with Gasteiger partial charge in [0.25, 0.3) is 0 Å². The third-order valence-electron chi connectivity index (χ3n) is 4.90. The van der Waals surface area contributed by atoms with Gasteiger partial charge in [0.15, 0.2) is 0 Å². The molecule has 4 nitrogen and oxygen atoms in total. The summed E-state index contributed by atoms with van der Waals surface area (Å²) >= 11 is 0. The molecule has 0 spiro atoms. The van der Waals surface area contributed by atoms with E-state index in [4.69, 9.17) is 19.9 Å². The molecule has 0 aromatic rings. The van der Waals surface area contributed by atoms with Crippen LogP contribution in [-0.4, -0.2) is 44.2 Å². The Labute approximate surface area is 116 Å². The van der Waals surface area contributed by atoms with E-state index < -0.39 is 0 Å². The lowest BCUT2D eigenvalue weighted by atomic mass is 9.84. The molecule has 4 heteroatoms. The molecule has 0 aromatic heterocycles. The van der Waals surface area contributed by atoms with Gasteiger partial charge in [0.1, 0.15) is 12.2 Å². The fraction of sp³-hybridized carbons (Fsp3) is 1.00. The zero-order valence-electron chi connectivity index (χ0n) is 11.8. The van der Waals surface area contributed by atoms with Gasteiger partial charge in [-0.05, 0) is 38.1 Å². The van der Waals surface area contributed by atoms with Crippen molar-refractivity contribution in [3.63, 3.8) is 0 Å². The third-order valence-corrected chi connectivity index (χ3v) is 4.90. The predicted molar refractivity (Wildman–Crippen MR) is 73.0 cm³/mol. The van der Waals surface area contributed by atoms with Gasteiger partial charge < -0.3 is 19.9 Å². The topological polar surface area (TPSA) is 53.7 Å². The summed E-state index contributed by atoms with van der Waals surface area (Å²) in [7, 11) is 0. The summed E-state index contributed by atoms with van der Waals surface area (Å²) in [5.74, 6) is 0.692. The van der Waals surface area contributed by atoms with Gasteiger partial charge in [0.2, 0.25) is 0 Å². The SMILES string of the molecule is NCCC(O[C@@H]1COC2CCOC21)C1CCCCC1. The summed E-state index contributed by atoms with van der Waals surface area (Å²) in [4.78, 5) is 0. The molecule has 0 amide bonds. The number of fused-ring (bicyclic) bond motifs is 1. The monoisotopic (exact) mass is 269 g/mol. The minimum atomic E-state index is 0.131. The maximum absolute atomic E-state index is 6.38. The summed E-state index contributed by atoms with van der Waals surface area (Å²) < 4.78 is 17.9. The Kier molecular flexibility index (Phi) is 4.74. The predicted octanol–water partition coefficient (Wildman–Crippen LogP) is 1.86. The average Bonchev–Trinajstić information content (AvgIpc) is 3.04. The molecule has 3 fully saturated rings. The van der Waals surface area contributed by atoms with Crippen LogP contribution in [0.5, 0.6) is 0 Å². The molecule has 2 saturated heterocycles. The van der Waals surface area contributed by atoms with E-state index in [2.05, 4.69) is 0 Å². The molecule has 3 rings (SSSR count). The average molecular weight is 269 g/mol. The molecule has 19 heavy (non-hydrogen) atoms. The molecule has 2 heterocycles.